The molecule has 2 aromatic rings. The van der Waals surface area contributed by atoms with E-state index in [1.54, 1.807) is 17.4 Å². The van der Waals surface area contributed by atoms with Crippen LogP contribution in [0, 0.1) is 0 Å². The first-order valence-corrected chi connectivity index (χ1v) is 7.58. The van der Waals surface area contributed by atoms with Gasteiger partial charge in [-0.3, -0.25) is 0 Å². The highest BCUT2D eigenvalue weighted by atomic mass is 32.1. The average Bonchev–Trinajstić information content (AvgIpc) is 2.93. The van der Waals surface area contributed by atoms with E-state index in [-0.39, 0.29) is 0 Å². The summed E-state index contributed by atoms with van der Waals surface area (Å²) in [6.45, 7) is 4.89. The fraction of sp³-hybridized carbons (Fsp3) is 0.462. The zero-order valence-electron chi connectivity index (χ0n) is 11.8. The van der Waals surface area contributed by atoms with E-state index < -0.39 is 0 Å². The van der Waals surface area contributed by atoms with E-state index in [9.17, 15) is 0 Å². The molecule has 0 fully saturated rings. The van der Waals surface area contributed by atoms with E-state index in [1.807, 2.05) is 6.20 Å². The topological polar surface area (TPSA) is 88.8 Å². The minimum absolute atomic E-state index is 0.624. The molecule has 20 heavy (non-hydrogen) atoms. The lowest BCUT2D eigenvalue weighted by molar-refractivity contribution is 0.834. The highest BCUT2D eigenvalue weighted by molar-refractivity contribution is 7.11. The summed E-state index contributed by atoms with van der Waals surface area (Å²) in [4.78, 5) is 14.5. The molecule has 0 unspecified atom stereocenters. The van der Waals surface area contributed by atoms with Gasteiger partial charge in [0.1, 0.15) is 22.5 Å². The van der Waals surface area contributed by atoms with Gasteiger partial charge in [-0.15, -0.1) is 11.3 Å². The van der Waals surface area contributed by atoms with Gasteiger partial charge >= 0.3 is 0 Å². The van der Waals surface area contributed by atoms with Crippen molar-refractivity contribution in [1.29, 1.82) is 0 Å². The van der Waals surface area contributed by atoms with Crippen LogP contribution in [0.25, 0.3) is 0 Å². The molecule has 0 bridgehead atoms. The predicted octanol–water partition coefficient (Wildman–Crippen LogP) is 2.35. The predicted molar refractivity (Wildman–Crippen MR) is 82.7 cm³/mol. The minimum atomic E-state index is 0.624. The number of nitrogen functional groups attached to an aromatic ring is 1. The smallest absolute Gasteiger partial charge is 0.145 e. The van der Waals surface area contributed by atoms with Crippen molar-refractivity contribution >= 4 is 23.0 Å². The van der Waals surface area contributed by atoms with Crippen LogP contribution in [0.3, 0.4) is 0 Å². The van der Waals surface area contributed by atoms with Crippen LogP contribution >= 0.6 is 11.3 Å². The van der Waals surface area contributed by atoms with E-state index in [0.717, 1.165) is 35.9 Å². The Kier molecular flexibility index (Phi) is 5.25. The maximum atomic E-state index is 5.43. The molecule has 0 radical (unpaired) electrons. The van der Waals surface area contributed by atoms with Crippen molar-refractivity contribution in [3.63, 3.8) is 0 Å². The maximum Gasteiger partial charge on any atom is 0.145 e. The molecule has 0 saturated heterocycles. The zero-order chi connectivity index (χ0) is 14.4. The van der Waals surface area contributed by atoms with Crippen molar-refractivity contribution in [3.05, 3.63) is 28.0 Å². The number of hydrazine groups is 1. The number of nitrogens with one attached hydrogen (secondary N) is 2. The average molecular weight is 292 g/mol. The molecular weight excluding hydrogens is 272 g/mol. The number of hydrogen-bond donors (Lipinski definition) is 3. The SMILES string of the molecule is CCCc1nc(NN)cc(NCc2ncc(CC)s2)n1. The number of hydrogen-bond acceptors (Lipinski definition) is 7. The molecule has 0 aliphatic rings. The molecule has 0 spiro atoms. The summed E-state index contributed by atoms with van der Waals surface area (Å²) in [7, 11) is 0. The van der Waals surface area contributed by atoms with Gasteiger partial charge in [0.05, 0.1) is 6.54 Å². The highest BCUT2D eigenvalue weighted by Gasteiger charge is 2.05. The van der Waals surface area contributed by atoms with Crippen LogP contribution in [0.4, 0.5) is 11.6 Å². The number of aromatic nitrogens is 3. The number of anilines is 2. The molecule has 0 aromatic carbocycles. The second-order valence-electron chi connectivity index (χ2n) is 4.38. The molecule has 2 rings (SSSR count). The molecular formula is C13H20N6S. The standard InChI is InChI=1S/C13H20N6S/c1-3-5-10-17-11(6-12(18-10)19-14)15-8-13-16-7-9(4-2)20-13/h6-7H,3-5,8,14H2,1-2H3,(H2,15,17,18,19). The molecule has 0 amide bonds. The summed E-state index contributed by atoms with van der Waals surface area (Å²) in [6.07, 6.45) is 4.78. The minimum Gasteiger partial charge on any atom is -0.363 e. The lowest BCUT2D eigenvalue weighted by Gasteiger charge is -2.08. The molecule has 2 aromatic heterocycles. The Morgan fingerprint density at radius 1 is 1.25 bits per heavy atom. The molecule has 4 N–H and O–H groups in total. The lowest BCUT2D eigenvalue weighted by atomic mass is 10.3. The number of thiazole rings is 1. The first-order chi connectivity index (χ1) is 9.75. The van der Waals surface area contributed by atoms with Gasteiger partial charge in [-0.1, -0.05) is 13.8 Å². The second-order valence-corrected chi connectivity index (χ2v) is 5.58. The van der Waals surface area contributed by atoms with Gasteiger partial charge in [-0.05, 0) is 12.8 Å². The van der Waals surface area contributed by atoms with Crippen LogP contribution in [0.5, 0.6) is 0 Å². The van der Waals surface area contributed by atoms with E-state index in [1.165, 1.54) is 4.88 Å². The zero-order valence-corrected chi connectivity index (χ0v) is 12.6. The van der Waals surface area contributed by atoms with Crippen molar-refractivity contribution in [3.8, 4) is 0 Å². The molecule has 7 heteroatoms. The van der Waals surface area contributed by atoms with Crippen LogP contribution in [-0.4, -0.2) is 15.0 Å². The van der Waals surface area contributed by atoms with Gasteiger partial charge in [-0.2, -0.15) is 0 Å². The lowest BCUT2D eigenvalue weighted by Crippen LogP contribution is -2.12. The number of aryl methyl sites for hydroxylation is 2. The van der Waals surface area contributed by atoms with Crippen molar-refractivity contribution in [2.45, 2.75) is 39.7 Å². The third kappa shape index (κ3) is 3.88. The Morgan fingerprint density at radius 3 is 2.70 bits per heavy atom. The summed E-state index contributed by atoms with van der Waals surface area (Å²) < 4.78 is 0. The molecule has 0 atom stereocenters. The Hall–Kier alpha value is -1.73. The van der Waals surface area contributed by atoms with Crippen LogP contribution in [-0.2, 0) is 19.4 Å². The molecule has 6 nitrogen and oxygen atoms in total. The first kappa shape index (κ1) is 14.7. The van der Waals surface area contributed by atoms with Gasteiger partial charge in [0, 0.05) is 23.6 Å². The fourth-order valence-electron chi connectivity index (χ4n) is 1.76. The van der Waals surface area contributed by atoms with Crippen LogP contribution in [0.15, 0.2) is 12.3 Å². The summed E-state index contributed by atoms with van der Waals surface area (Å²) in [6, 6.07) is 1.80. The Labute approximate surface area is 122 Å². The number of nitrogens with zero attached hydrogens (tertiary/aromatic N) is 3. The van der Waals surface area contributed by atoms with Crippen LogP contribution < -0.4 is 16.6 Å². The maximum absolute atomic E-state index is 5.43. The van der Waals surface area contributed by atoms with Gasteiger partial charge in [-0.25, -0.2) is 20.8 Å². The molecule has 0 aliphatic carbocycles. The largest absolute Gasteiger partial charge is 0.363 e. The third-order valence-electron chi connectivity index (χ3n) is 2.76. The summed E-state index contributed by atoms with van der Waals surface area (Å²) >= 11 is 1.72. The number of nitrogens with two attached hydrogens (primary N) is 1. The highest BCUT2D eigenvalue weighted by Crippen LogP contribution is 2.16. The van der Waals surface area contributed by atoms with E-state index in [2.05, 4.69) is 39.5 Å². The van der Waals surface area contributed by atoms with Crippen molar-refractivity contribution in [2.75, 3.05) is 10.7 Å². The monoisotopic (exact) mass is 292 g/mol. The Morgan fingerprint density at radius 2 is 2.05 bits per heavy atom. The van der Waals surface area contributed by atoms with Crippen LogP contribution in [0.1, 0.15) is 36.0 Å². The quantitative estimate of drug-likeness (QED) is 0.536. The summed E-state index contributed by atoms with van der Waals surface area (Å²) in [5.41, 5.74) is 2.57. The van der Waals surface area contributed by atoms with Gasteiger partial charge < -0.3 is 10.7 Å². The Balaban J connectivity index is 2.05. The summed E-state index contributed by atoms with van der Waals surface area (Å²) in [5.74, 6) is 7.62. The van der Waals surface area contributed by atoms with E-state index in [4.69, 9.17) is 5.84 Å². The molecule has 0 aliphatic heterocycles. The van der Waals surface area contributed by atoms with Gasteiger partial charge in [0.25, 0.3) is 0 Å². The van der Waals surface area contributed by atoms with Crippen LogP contribution in [0.2, 0.25) is 0 Å². The second kappa shape index (κ2) is 7.16. The van der Waals surface area contributed by atoms with Gasteiger partial charge in [0.2, 0.25) is 0 Å². The van der Waals surface area contributed by atoms with E-state index in [0.29, 0.717) is 12.4 Å². The Bertz CT molecular complexity index is 554. The van der Waals surface area contributed by atoms with E-state index >= 15 is 0 Å². The fourth-order valence-corrected chi connectivity index (χ4v) is 2.56. The first-order valence-electron chi connectivity index (χ1n) is 6.77. The molecule has 0 saturated carbocycles. The molecule has 108 valence electrons. The van der Waals surface area contributed by atoms with Gasteiger partial charge in [0.15, 0.2) is 0 Å². The van der Waals surface area contributed by atoms with Crippen molar-refractivity contribution in [1.82, 2.24) is 15.0 Å². The number of rotatable bonds is 7. The van der Waals surface area contributed by atoms with Crippen molar-refractivity contribution in [2.24, 2.45) is 5.84 Å². The normalized spacial score (nSPS) is 10.6. The molecule has 2 heterocycles. The third-order valence-corrected chi connectivity index (χ3v) is 3.91. The van der Waals surface area contributed by atoms with Crippen molar-refractivity contribution < 1.29 is 0 Å². The summed E-state index contributed by atoms with van der Waals surface area (Å²) in [5, 5.41) is 4.33.